The molecular weight excluding hydrogens is 418 g/mol. The number of ether oxygens (including phenoxy) is 1. The monoisotopic (exact) mass is 427 g/mol. The number of nitrogens with zero attached hydrogens (tertiary/aromatic N) is 1. The second-order valence-corrected chi connectivity index (χ2v) is 7.62. The first kappa shape index (κ1) is 17.0. The maximum Gasteiger partial charge on any atom is 0.343 e. The van der Waals surface area contributed by atoms with Crippen LogP contribution in [-0.4, -0.2) is 20.5 Å². The van der Waals surface area contributed by atoms with E-state index in [-0.39, 0.29) is 16.4 Å². The van der Waals surface area contributed by atoms with Crippen molar-refractivity contribution in [3.63, 3.8) is 0 Å². The fourth-order valence-electron chi connectivity index (χ4n) is 2.19. The van der Waals surface area contributed by atoms with Gasteiger partial charge in [-0.15, -0.1) is 0 Å². The highest BCUT2D eigenvalue weighted by Crippen LogP contribution is 2.34. The highest BCUT2D eigenvalue weighted by Gasteiger charge is 2.24. The van der Waals surface area contributed by atoms with Crippen LogP contribution in [0.3, 0.4) is 0 Å². The van der Waals surface area contributed by atoms with Crippen molar-refractivity contribution in [2.45, 2.75) is 4.90 Å². The van der Waals surface area contributed by atoms with Crippen LogP contribution in [0.4, 0.5) is 0 Å². The van der Waals surface area contributed by atoms with Crippen LogP contribution in [0.25, 0.3) is 10.9 Å². The van der Waals surface area contributed by atoms with Gasteiger partial charge in [-0.25, -0.2) is 0 Å². The molecule has 1 heterocycles. The molecule has 0 bridgehead atoms. The second-order valence-electron chi connectivity index (χ2n) is 4.78. The van der Waals surface area contributed by atoms with E-state index in [1.807, 2.05) is 0 Å². The Morgan fingerprint density at radius 3 is 2.62 bits per heavy atom. The summed E-state index contributed by atoms with van der Waals surface area (Å²) in [6.45, 7) is 0. The molecule has 0 N–H and O–H groups in total. The molecule has 0 atom stereocenters. The van der Waals surface area contributed by atoms with E-state index in [0.717, 1.165) is 0 Å². The van der Waals surface area contributed by atoms with E-state index in [1.165, 1.54) is 25.4 Å². The van der Waals surface area contributed by atoms with E-state index in [0.29, 0.717) is 20.4 Å². The lowest BCUT2D eigenvalue weighted by molar-refractivity contribution is 0.398. The number of fused-ring (bicyclic) bond motifs is 1. The lowest BCUT2D eigenvalue weighted by Crippen LogP contribution is -2.11. The van der Waals surface area contributed by atoms with E-state index in [1.54, 1.807) is 30.3 Å². The fourth-order valence-corrected chi connectivity index (χ4v) is 4.05. The SMILES string of the molecule is COc1ccc(Br)cc1S(=O)(=O)Oc1ccc(Cl)c2cccnc12. The number of pyridine rings is 1. The molecule has 0 radical (unpaired) electrons. The van der Waals surface area contributed by atoms with E-state index < -0.39 is 10.1 Å². The van der Waals surface area contributed by atoms with Crippen molar-refractivity contribution in [1.82, 2.24) is 4.98 Å². The molecule has 3 rings (SSSR count). The van der Waals surface area contributed by atoms with Crippen LogP contribution in [0, 0.1) is 0 Å². The number of aromatic nitrogens is 1. The molecule has 0 saturated heterocycles. The summed E-state index contributed by atoms with van der Waals surface area (Å²) in [7, 11) is -2.73. The van der Waals surface area contributed by atoms with Crippen LogP contribution >= 0.6 is 27.5 Å². The minimum absolute atomic E-state index is 0.0848. The van der Waals surface area contributed by atoms with Gasteiger partial charge in [-0.1, -0.05) is 27.5 Å². The van der Waals surface area contributed by atoms with Gasteiger partial charge in [0.2, 0.25) is 0 Å². The largest absolute Gasteiger partial charge is 0.495 e. The molecule has 8 heteroatoms. The lowest BCUT2D eigenvalue weighted by Gasteiger charge is -2.12. The maximum atomic E-state index is 12.7. The van der Waals surface area contributed by atoms with Crippen molar-refractivity contribution in [2.75, 3.05) is 7.11 Å². The maximum absolute atomic E-state index is 12.7. The Kier molecular flexibility index (Phi) is 4.67. The molecule has 0 unspecified atom stereocenters. The normalized spacial score (nSPS) is 11.5. The topological polar surface area (TPSA) is 65.5 Å². The van der Waals surface area contributed by atoms with Crippen molar-refractivity contribution in [3.05, 3.63) is 58.2 Å². The summed E-state index contributed by atoms with van der Waals surface area (Å²) >= 11 is 9.36. The van der Waals surface area contributed by atoms with Gasteiger partial charge in [0.25, 0.3) is 0 Å². The molecule has 0 aliphatic carbocycles. The Morgan fingerprint density at radius 1 is 1.12 bits per heavy atom. The first-order chi connectivity index (χ1) is 11.4. The Hall–Kier alpha value is -1.83. The molecule has 24 heavy (non-hydrogen) atoms. The standard InChI is InChI=1S/C16H11BrClNO4S/c1-22-13-6-4-10(17)9-15(13)24(20,21)23-14-7-5-12(18)11-3-2-8-19-16(11)14/h2-9H,1H3. The van der Waals surface area contributed by atoms with E-state index in [9.17, 15) is 8.42 Å². The van der Waals surface area contributed by atoms with Crippen LogP contribution in [0.1, 0.15) is 0 Å². The van der Waals surface area contributed by atoms with Gasteiger partial charge in [-0.05, 0) is 42.5 Å². The Labute approximate surface area is 152 Å². The Bertz CT molecular complexity index is 1020. The van der Waals surface area contributed by atoms with Gasteiger partial charge in [0.15, 0.2) is 5.75 Å². The van der Waals surface area contributed by atoms with Crippen LogP contribution < -0.4 is 8.92 Å². The van der Waals surface area contributed by atoms with Gasteiger partial charge in [0, 0.05) is 16.1 Å². The third kappa shape index (κ3) is 3.19. The number of methoxy groups -OCH3 is 1. The van der Waals surface area contributed by atoms with Gasteiger partial charge in [-0.2, -0.15) is 8.42 Å². The molecule has 2 aromatic carbocycles. The molecule has 3 aromatic rings. The smallest absolute Gasteiger partial charge is 0.343 e. The lowest BCUT2D eigenvalue weighted by atomic mass is 10.2. The number of halogens is 2. The third-order valence-corrected chi connectivity index (χ3v) is 5.35. The summed E-state index contributed by atoms with van der Waals surface area (Å²) in [5.41, 5.74) is 0.363. The summed E-state index contributed by atoms with van der Waals surface area (Å²) < 4.78 is 36.4. The molecule has 0 spiro atoms. The zero-order valence-corrected chi connectivity index (χ0v) is 15.5. The minimum Gasteiger partial charge on any atom is -0.495 e. The summed E-state index contributed by atoms with van der Waals surface area (Å²) in [6.07, 6.45) is 1.54. The highest BCUT2D eigenvalue weighted by molar-refractivity contribution is 9.10. The van der Waals surface area contributed by atoms with Crippen molar-refractivity contribution in [1.29, 1.82) is 0 Å². The molecule has 0 aliphatic rings. The zero-order chi connectivity index (χ0) is 17.3. The first-order valence-electron chi connectivity index (χ1n) is 6.73. The van der Waals surface area contributed by atoms with E-state index >= 15 is 0 Å². The fraction of sp³-hybridized carbons (Fsp3) is 0.0625. The van der Waals surface area contributed by atoms with E-state index in [2.05, 4.69) is 20.9 Å². The molecule has 1 aromatic heterocycles. The van der Waals surface area contributed by atoms with Crippen LogP contribution in [0.5, 0.6) is 11.5 Å². The van der Waals surface area contributed by atoms with Gasteiger partial charge in [0.05, 0.1) is 12.1 Å². The highest BCUT2D eigenvalue weighted by atomic mass is 79.9. The van der Waals surface area contributed by atoms with Gasteiger partial charge in [0.1, 0.15) is 16.2 Å². The van der Waals surface area contributed by atoms with Crippen molar-refractivity contribution < 1.29 is 17.3 Å². The number of hydrogen-bond donors (Lipinski definition) is 0. The van der Waals surface area contributed by atoms with Gasteiger partial charge >= 0.3 is 10.1 Å². The minimum atomic E-state index is -4.12. The van der Waals surface area contributed by atoms with Gasteiger partial charge < -0.3 is 8.92 Å². The van der Waals surface area contributed by atoms with Crippen LogP contribution in [-0.2, 0) is 10.1 Å². The van der Waals surface area contributed by atoms with Gasteiger partial charge in [-0.3, -0.25) is 4.98 Å². The molecule has 0 fully saturated rings. The van der Waals surface area contributed by atoms with Crippen molar-refractivity contribution >= 4 is 48.6 Å². The predicted octanol–water partition coefficient (Wildman–Crippen LogP) is 4.43. The second kappa shape index (κ2) is 6.58. The molecule has 0 saturated carbocycles. The number of benzene rings is 2. The summed E-state index contributed by atoms with van der Waals surface area (Å²) in [5.74, 6) is 0.279. The number of rotatable bonds is 4. The predicted molar refractivity (Wildman–Crippen MR) is 95.3 cm³/mol. The van der Waals surface area contributed by atoms with E-state index in [4.69, 9.17) is 20.5 Å². The first-order valence-corrected chi connectivity index (χ1v) is 9.31. The average Bonchev–Trinajstić information content (AvgIpc) is 2.57. The molecular formula is C16H11BrClNO4S. The quantitative estimate of drug-likeness (QED) is 0.575. The number of hydrogen-bond acceptors (Lipinski definition) is 5. The van der Waals surface area contributed by atoms with Crippen molar-refractivity contribution in [2.24, 2.45) is 0 Å². The zero-order valence-electron chi connectivity index (χ0n) is 12.4. The van der Waals surface area contributed by atoms with Crippen LogP contribution in [0.15, 0.2) is 58.0 Å². The third-order valence-electron chi connectivity index (χ3n) is 3.27. The Balaban J connectivity index is 2.12. The summed E-state index contributed by atoms with van der Waals surface area (Å²) in [4.78, 5) is 4.08. The molecule has 5 nitrogen and oxygen atoms in total. The van der Waals surface area contributed by atoms with Crippen LogP contribution in [0.2, 0.25) is 5.02 Å². The molecule has 124 valence electrons. The molecule has 0 aliphatic heterocycles. The summed E-state index contributed by atoms with van der Waals surface area (Å²) in [6, 6.07) is 11.1. The molecule has 0 amide bonds. The van der Waals surface area contributed by atoms with Crippen molar-refractivity contribution in [3.8, 4) is 11.5 Å². The summed E-state index contributed by atoms with van der Waals surface area (Å²) in [5, 5.41) is 1.07. The average molecular weight is 429 g/mol. The Morgan fingerprint density at radius 2 is 1.88 bits per heavy atom.